The molecule has 0 saturated heterocycles. The fourth-order valence-corrected chi connectivity index (χ4v) is 2.50. The molecular weight excluding hydrogens is 263 g/mol. The van der Waals surface area contributed by atoms with Crippen LogP contribution in [0.25, 0.3) is 0 Å². The fraction of sp³-hybridized carbons (Fsp3) is 0.667. The maximum atomic E-state index is 14.1. The first-order chi connectivity index (χ1) is 10.1. The van der Waals surface area contributed by atoms with Crippen molar-refractivity contribution in [3.8, 4) is 0 Å². The summed E-state index contributed by atoms with van der Waals surface area (Å²) in [6.07, 6.45) is 8.61. The molecule has 0 fully saturated rings. The van der Waals surface area contributed by atoms with Crippen LogP contribution in [0.4, 0.5) is 4.39 Å². The smallest absolute Gasteiger partial charge is 0.126 e. The van der Waals surface area contributed by atoms with E-state index in [4.69, 9.17) is 0 Å². The molecule has 0 spiro atoms. The molecule has 122 valence electrons. The van der Waals surface area contributed by atoms with Gasteiger partial charge >= 0.3 is 0 Å². The number of nitrogens with one attached hydrogen (secondary N) is 2. The van der Waals surface area contributed by atoms with E-state index >= 15 is 0 Å². The molecule has 3 heteroatoms. The summed E-state index contributed by atoms with van der Waals surface area (Å²) in [6.45, 7) is 11.7. The summed E-state index contributed by atoms with van der Waals surface area (Å²) in [5.41, 5.74) is 1.77. The van der Waals surface area contributed by atoms with Crippen LogP contribution in [0.15, 0.2) is 35.8 Å². The van der Waals surface area contributed by atoms with Gasteiger partial charge in [-0.3, -0.25) is 0 Å². The van der Waals surface area contributed by atoms with Crippen molar-refractivity contribution in [3.05, 3.63) is 35.8 Å². The molecule has 1 atom stereocenters. The Morgan fingerprint density at radius 3 is 2.52 bits per heavy atom. The van der Waals surface area contributed by atoms with Gasteiger partial charge in [-0.15, -0.1) is 0 Å². The molecule has 0 aliphatic rings. The Hall–Kier alpha value is -1.09. The van der Waals surface area contributed by atoms with E-state index in [1.807, 2.05) is 13.2 Å². The number of hydrogen-bond donors (Lipinski definition) is 2. The molecule has 2 nitrogen and oxygen atoms in total. The van der Waals surface area contributed by atoms with Crippen LogP contribution in [-0.4, -0.2) is 20.1 Å². The molecule has 0 aromatic heterocycles. The number of hydrogen-bond acceptors (Lipinski definition) is 2. The Balaban J connectivity index is 4.79. The summed E-state index contributed by atoms with van der Waals surface area (Å²) in [5.74, 6) is 0.520. The minimum atomic E-state index is -0.197. The first-order valence-corrected chi connectivity index (χ1v) is 8.19. The SMILES string of the molecule is C=C/C(F)=C(CCCC(C)CCC)/C(=C/NC)CNCC. The van der Waals surface area contributed by atoms with Crippen LogP contribution in [0.1, 0.15) is 52.9 Å². The van der Waals surface area contributed by atoms with Crippen LogP contribution in [0.2, 0.25) is 0 Å². The zero-order valence-electron chi connectivity index (χ0n) is 14.3. The van der Waals surface area contributed by atoms with Gasteiger partial charge in [-0.25, -0.2) is 4.39 Å². The van der Waals surface area contributed by atoms with Crippen LogP contribution >= 0.6 is 0 Å². The third-order valence-electron chi connectivity index (χ3n) is 3.64. The van der Waals surface area contributed by atoms with Gasteiger partial charge in [0.1, 0.15) is 5.83 Å². The molecule has 0 aromatic carbocycles. The van der Waals surface area contributed by atoms with Crippen LogP contribution in [0.5, 0.6) is 0 Å². The highest BCUT2D eigenvalue weighted by Crippen LogP contribution is 2.24. The van der Waals surface area contributed by atoms with Crippen molar-refractivity contribution in [3.63, 3.8) is 0 Å². The molecule has 21 heavy (non-hydrogen) atoms. The van der Waals surface area contributed by atoms with Crippen molar-refractivity contribution in [2.75, 3.05) is 20.1 Å². The molecule has 0 aliphatic carbocycles. The highest BCUT2D eigenvalue weighted by Gasteiger charge is 2.11. The van der Waals surface area contributed by atoms with Gasteiger partial charge in [0, 0.05) is 19.8 Å². The van der Waals surface area contributed by atoms with Gasteiger partial charge in [0.15, 0.2) is 0 Å². The highest BCUT2D eigenvalue weighted by molar-refractivity contribution is 5.37. The second-order valence-corrected chi connectivity index (χ2v) is 5.56. The minimum absolute atomic E-state index is 0.197. The van der Waals surface area contributed by atoms with Crippen molar-refractivity contribution >= 4 is 0 Å². The number of allylic oxidation sites excluding steroid dienone is 2. The number of halogens is 1. The Labute approximate surface area is 130 Å². The van der Waals surface area contributed by atoms with E-state index in [0.29, 0.717) is 12.5 Å². The monoisotopic (exact) mass is 296 g/mol. The molecule has 0 rings (SSSR count). The second-order valence-electron chi connectivity index (χ2n) is 5.56. The molecule has 0 bridgehead atoms. The lowest BCUT2D eigenvalue weighted by atomic mass is 9.94. The van der Waals surface area contributed by atoms with E-state index < -0.39 is 0 Å². The fourth-order valence-electron chi connectivity index (χ4n) is 2.50. The van der Waals surface area contributed by atoms with Crippen molar-refractivity contribution < 1.29 is 4.39 Å². The van der Waals surface area contributed by atoms with Gasteiger partial charge < -0.3 is 10.6 Å². The van der Waals surface area contributed by atoms with E-state index in [2.05, 4.69) is 38.0 Å². The first kappa shape index (κ1) is 19.9. The molecule has 2 N–H and O–H groups in total. The summed E-state index contributed by atoms with van der Waals surface area (Å²) in [5, 5.41) is 6.29. The van der Waals surface area contributed by atoms with Gasteiger partial charge in [-0.05, 0) is 42.5 Å². The zero-order chi connectivity index (χ0) is 16.1. The maximum absolute atomic E-state index is 14.1. The lowest BCUT2D eigenvalue weighted by Gasteiger charge is -2.15. The first-order valence-electron chi connectivity index (χ1n) is 8.19. The third-order valence-corrected chi connectivity index (χ3v) is 3.64. The van der Waals surface area contributed by atoms with E-state index in [0.717, 1.165) is 37.0 Å². The van der Waals surface area contributed by atoms with Crippen molar-refractivity contribution in [2.45, 2.75) is 52.9 Å². The molecule has 0 amide bonds. The largest absolute Gasteiger partial charge is 0.394 e. The molecule has 1 unspecified atom stereocenters. The molecule has 0 aliphatic heterocycles. The zero-order valence-corrected chi connectivity index (χ0v) is 14.3. The van der Waals surface area contributed by atoms with Crippen LogP contribution in [-0.2, 0) is 0 Å². The Kier molecular flexibility index (Phi) is 12.0. The average molecular weight is 296 g/mol. The summed E-state index contributed by atoms with van der Waals surface area (Å²) >= 11 is 0. The lowest BCUT2D eigenvalue weighted by molar-refractivity contribution is 0.467. The van der Waals surface area contributed by atoms with E-state index in [1.54, 1.807) is 0 Å². The van der Waals surface area contributed by atoms with Crippen LogP contribution in [0.3, 0.4) is 0 Å². The Bertz CT molecular complexity index is 345. The van der Waals surface area contributed by atoms with Gasteiger partial charge in [0.25, 0.3) is 0 Å². The predicted octanol–water partition coefficient (Wildman–Crippen LogP) is 4.72. The van der Waals surface area contributed by atoms with Gasteiger partial charge in [0.2, 0.25) is 0 Å². The predicted molar refractivity (Wildman–Crippen MR) is 91.9 cm³/mol. The Morgan fingerprint density at radius 2 is 2.00 bits per heavy atom. The van der Waals surface area contributed by atoms with Gasteiger partial charge in [-0.2, -0.15) is 0 Å². The van der Waals surface area contributed by atoms with E-state index in [1.165, 1.54) is 18.9 Å². The second kappa shape index (κ2) is 12.6. The average Bonchev–Trinajstić information content (AvgIpc) is 2.48. The molecule has 0 heterocycles. The highest BCUT2D eigenvalue weighted by atomic mass is 19.1. The van der Waals surface area contributed by atoms with Gasteiger partial charge in [0.05, 0.1) is 0 Å². The molecule has 0 saturated carbocycles. The summed E-state index contributed by atoms with van der Waals surface area (Å²) < 4.78 is 14.1. The summed E-state index contributed by atoms with van der Waals surface area (Å²) in [6, 6.07) is 0. The van der Waals surface area contributed by atoms with Crippen molar-refractivity contribution in [1.82, 2.24) is 10.6 Å². The normalized spacial score (nSPS) is 14.6. The van der Waals surface area contributed by atoms with Gasteiger partial charge in [-0.1, -0.05) is 46.6 Å². The van der Waals surface area contributed by atoms with Crippen molar-refractivity contribution in [1.29, 1.82) is 0 Å². The maximum Gasteiger partial charge on any atom is 0.126 e. The minimum Gasteiger partial charge on any atom is -0.394 e. The standard InChI is InChI=1S/C18H33FN2/c1-6-10-15(4)11-9-12-17(18(19)7-2)16(13-20-5)14-21-8-3/h7,13,15,20-21H,2,6,8-12,14H2,1,3-5H3/b16-13+,18-17-. The third kappa shape index (κ3) is 8.71. The van der Waals surface area contributed by atoms with E-state index in [-0.39, 0.29) is 5.83 Å². The lowest BCUT2D eigenvalue weighted by Crippen LogP contribution is -2.19. The summed E-state index contributed by atoms with van der Waals surface area (Å²) in [7, 11) is 1.85. The summed E-state index contributed by atoms with van der Waals surface area (Å²) in [4.78, 5) is 0. The molecule has 0 radical (unpaired) electrons. The molecular formula is C18H33FN2. The molecule has 0 aromatic rings. The van der Waals surface area contributed by atoms with E-state index in [9.17, 15) is 4.39 Å². The number of rotatable bonds is 12. The topological polar surface area (TPSA) is 24.1 Å². The number of likely N-dealkylation sites (N-methyl/N-ethyl adjacent to an activating group) is 1. The van der Waals surface area contributed by atoms with Crippen LogP contribution < -0.4 is 10.6 Å². The van der Waals surface area contributed by atoms with Crippen LogP contribution in [0, 0.1) is 5.92 Å². The van der Waals surface area contributed by atoms with Crippen molar-refractivity contribution in [2.24, 2.45) is 5.92 Å². The quantitative estimate of drug-likeness (QED) is 0.509. The Morgan fingerprint density at radius 1 is 1.29 bits per heavy atom.